The van der Waals surface area contributed by atoms with Crippen molar-refractivity contribution in [3.63, 3.8) is 0 Å². The smallest absolute Gasteiger partial charge is 0.0918 e. The predicted molar refractivity (Wildman–Crippen MR) is 69.1 cm³/mol. The quantitative estimate of drug-likeness (QED) is 0.860. The van der Waals surface area contributed by atoms with E-state index in [9.17, 15) is 5.11 Å². The highest BCUT2D eigenvalue weighted by Crippen LogP contribution is 2.34. The predicted octanol–water partition coefficient (Wildman–Crippen LogP) is 1.71. The summed E-state index contributed by atoms with van der Waals surface area (Å²) < 4.78 is 5.59. The zero-order valence-electron chi connectivity index (χ0n) is 9.99. The first kappa shape index (κ1) is 11.7. The van der Waals surface area contributed by atoms with E-state index < -0.39 is 6.10 Å². The van der Waals surface area contributed by atoms with Gasteiger partial charge in [-0.05, 0) is 22.4 Å². The lowest BCUT2D eigenvalue weighted by Crippen LogP contribution is -2.01. The standard InChI is InChI=1S/C15H16O3/c16-8-13-14(17)15(13)18-9-10-5-6-11-3-1-2-4-12(11)7-10/h1-7,13-17H,8-9H2. The van der Waals surface area contributed by atoms with Crippen molar-refractivity contribution in [1.82, 2.24) is 0 Å². The van der Waals surface area contributed by atoms with Crippen LogP contribution in [0.2, 0.25) is 0 Å². The first-order chi connectivity index (χ1) is 8.79. The molecule has 1 aliphatic rings. The molecule has 3 atom stereocenters. The highest BCUT2D eigenvalue weighted by atomic mass is 16.5. The highest BCUT2D eigenvalue weighted by molar-refractivity contribution is 5.82. The number of ether oxygens (including phenoxy) is 1. The third kappa shape index (κ3) is 2.12. The molecule has 3 unspecified atom stereocenters. The van der Waals surface area contributed by atoms with E-state index in [1.807, 2.05) is 18.2 Å². The second kappa shape index (κ2) is 4.69. The number of aliphatic hydroxyl groups is 2. The van der Waals surface area contributed by atoms with Crippen molar-refractivity contribution < 1.29 is 14.9 Å². The molecule has 1 fully saturated rings. The van der Waals surface area contributed by atoms with Gasteiger partial charge in [-0.15, -0.1) is 0 Å². The molecular formula is C15H16O3. The molecule has 0 radical (unpaired) electrons. The minimum absolute atomic E-state index is 0.0104. The van der Waals surface area contributed by atoms with E-state index in [-0.39, 0.29) is 18.6 Å². The van der Waals surface area contributed by atoms with Crippen LogP contribution in [0.4, 0.5) is 0 Å². The van der Waals surface area contributed by atoms with Crippen LogP contribution in [0, 0.1) is 5.92 Å². The molecule has 2 aromatic carbocycles. The summed E-state index contributed by atoms with van der Waals surface area (Å²) in [5.41, 5.74) is 1.09. The van der Waals surface area contributed by atoms with Gasteiger partial charge < -0.3 is 14.9 Å². The SMILES string of the molecule is OCC1C(O)C1OCc1ccc2ccccc2c1. The van der Waals surface area contributed by atoms with Gasteiger partial charge >= 0.3 is 0 Å². The number of benzene rings is 2. The maximum atomic E-state index is 9.45. The summed E-state index contributed by atoms with van der Waals surface area (Å²) in [5.74, 6) is -0.106. The summed E-state index contributed by atoms with van der Waals surface area (Å²) >= 11 is 0. The summed E-state index contributed by atoms with van der Waals surface area (Å²) in [5, 5.41) is 20.8. The fraction of sp³-hybridized carbons (Fsp3) is 0.333. The Bertz CT molecular complexity index is 552. The van der Waals surface area contributed by atoms with E-state index in [2.05, 4.69) is 24.3 Å². The molecule has 1 saturated carbocycles. The maximum Gasteiger partial charge on any atom is 0.0918 e. The first-order valence-electron chi connectivity index (χ1n) is 6.18. The number of rotatable bonds is 4. The summed E-state index contributed by atoms with van der Waals surface area (Å²) in [4.78, 5) is 0. The minimum atomic E-state index is -0.504. The van der Waals surface area contributed by atoms with Crippen molar-refractivity contribution in [2.75, 3.05) is 6.61 Å². The molecule has 0 spiro atoms. The summed E-state index contributed by atoms with van der Waals surface area (Å²) in [6, 6.07) is 14.4. The molecule has 0 aromatic heterocycles. The van der Waals surface area contributed by atoms with Crippen LogP contribution in [0.25, 0.3) is 10.8 Å². The largest absolute Gasteiger partial charge is 0.396 e. The molecule has 2 N–H and O–H groups in total. The van der Waals surface area contributed by atoms with Crippen molar-refractivity contribution in [1.29, 1.82) is 0 Å². The Hall–Kier alpha value is -1.42. The van der Waals surface area contributed by atoms with Gasteiger partial charge in [-0.1, -0.05) is 36.4 Å². The number of aliphatic hydroxyl groups excluding tert-OH is 2. The van der Waals surface area contributed by atoms with Gasteiger partial charge in [0, 0.05) is 5.92 Å². The van der Waals surface area contributed by atoms with Crippen LogP contribution in [0.1, 0.15) is 5.56 Å². The van der Waals surface area contributed by atoms with Crippen molar-refractivity contribution in [2.24, 2.45) is 5.92 Å². The molecule has 3 nitrogen and oxygen atoms in total. The first-order valence-corrected chi connectivity index (χ1v) is 6.18. The maximum absolute atomic E-state index is 9.45. The molecule has 94 valence electrons. The van der Waals surface area contributed by atoms with Crippen molar-refractivity contribution in [3.8, 4) is 0 Å². The average Bonchev–Trinajstić information content (AvgIpc) is 3.05. The number of hydrogen-bond donors (Lipinski definition) is 2. The zero-order chi connectivity index (χ0) is 12.5. The molecule has 0 saturated heterocycles. The Kier molecular flexibility index (Phi) is 3.04. The molecular weight excluding hydrogens is 228 g/mol. The van der Waals surface area contributed by atoms with E-state index in [0.29, 0.717) is 6.61 Å². The van der Waals surface area contributed by atoms with Gasteiger partial charge in [-0.3, -0.25) is 0 Å². The van der Waals surface area contributed by atoms with Crippen LogP contribution in [0.15, 0.2) is 42.5 Å². The summed E-state index contributed by atoms with van der Waals surface area (Å²) in [6.45, 7) is 0.465. The van der Waals surface area contributed by atoms with E-state index in [4.69, 9.17) is 9.84 Å². The monoisotopic (exact) mass is 244 g/mol. The van der Waals surface area contributed by atoms with Crippen LogP contribution in [-0.2, 0) is 11.3 Å². The van der Waals surface area contributed by atoms with Gasteiger partial charge in [-0.2, -0.15) is 0 Å². The Morgan fingerprint density at radius 2 is 1.83 bits per heavy atom. The van der Waals surface area contributed by atoms with E-state index in [1.54, 1.807) is 0 Å². The second-order valence-electron chi connectivity index (χ2n) is 4.79. The van der Waals surface area contributed by atoms with Gasteiger partial charge in [0.1, 0.15) is 0 Å². The number of fused-ring (bicyclic) bond motifs is 1. The van der Waals surface area contributed by atoms with E-state index >= 15 is 0 Å². The second-order valence-corrected chi connectivity index (χ2v) is 4.79. The molecule has 3 rings (SSSR count). The van der Waals surface area contributed by atoms with E-state index in [0.717, 1.165) is 5.56 Å². The molecule has 1 aliphatic carbocycles. The lowest BCUT2D eigenvalue weighted by atomic mass is 10.1. The van der Waals surface area contributed by atoms with Gasteiger partial charge in [0.15, 0.2) is 0 Å². The third-order valence-electron chi connectivity index (χ3n) is 3.52. The molecule has 0 heterocycles. The Morgan fingerprint density at radius 3 is 2.56 bits per heavy atom. The molecule has 0 aliphatic heterocycles. The molecule has 2 aromatic rings. The Labute approximate surface area is 106 Å². The molecule has 3 heteroatoms. The minimum Gasteiger partial charge on any atom is -0.396 e. The fourth-order valence-corrected chi connectivity index (χ4v) is 2.28. The normalized spacial score (nSPS) is 26.4. The van der Waals surface area contributed by atoms with Crippen LogP contribution < -0.4 is 0 Å². The van der Waals surface area contributed by atoms with Crippen LogP contribution in [0.3, 0.4) is 0 Å². The summed E-state index contributed by atoms with van der Waals surface area (Å²) in [7, 11) is 0. The number of hydrogen-bond acceptors (Lipinski definition) is 3. The van der Waals surface area contributed by atoms with Crippen molar-refractivity contribution in [3.05, 3.63) is 48.0 Å². The zero-order valence-corrected chi connectivity index (χ0v) is 9.99. The van der Waals surface area contributed by atoms with Gasteiger partial charge in [0.2, 0.25) is 0 Å². The Morgan fingerprint density at radius 1 is 1.06 bits per heavy atom. The topological polar surface area (TPSA) is 49.7 Å². The van der Waals surface area contributed by atoms with Crippen LogP contribution in [0.5, 0.6) is 0 Å². The lowest BCUT2D eigenvalue weighted by Gasteiger charge is -2.05. The third-order valence-corrected chi connectivity index (χ3v) is 3.52. The fourth-order valence-electron chi connectivity index (χ4n) is 2.28. The molecule has 0 bridgehead atoms. The lowest BCUT2D eigenvalue weighted by molar-refractivity contribution is 0.0662. The molecule has 0 amide bonds. The summed E-state index contributed by atoms with van der Waals surface area (Å²) in [6.07, 6.45) is -0.711. The van der Waals surface area contributed by atoms with Crippen molar-refractivity contribution >= 4 is 10.8 Å². The highest BCUT2D eigenvalue weighted by Gasteiger charge is 2.49. The van der Waals surface area contributed by atoms with Gasteiger partial charge in [-0.25, -0.2) is 0 Å². The Balaban J connectivity index is 1.68. The van der Waals surface area contributed by atoms with Gasteiger partial charge in [0.05, 0.1) is 25.4 Å². The van der Waals surface area contributed by atoms with Gasteiger partial charge in [0.25, 0.3) is 0 Å². The van der Waals surface area contributed by atoms with Crippen LogP contribution >= 0.6 is 0 Å². The average molecular weight is 244 g/mol. The molecule has 18 heavy (non-hydrogen) atoms. The van der Waals surface area contributed by atoms with Crippen molar-refractivity contribution in [2.45, 2.75) is 18.8 Å². The van der Waals surface area contributed by atoms with E-state index in [1.165, 1.54) is 10.8 Å². The van der Waals surface area contributed by atoms with Crippen LogP contribution in [-0.4, -0.2) is 29.0 Å².